The van der Waals surface area contributed by atoms with Crippen LogP contribution in [0.15, 0.2) is 35.9 Å². The summed E-state index contributed by atoms with van der Waals surface area (Å²) < 4.78 is 10.7. The predicted octanol–water partition coefficient (Wildman–Crippen LogP) is 4.22. The minimum atomic E-state index is -0.849. The van der Waals surface area contributed by atoms with Gasteiger partial charge in [0.1, 0.15) is 30.5 Å². The number of carbonyl (C=O) groups is 1. The number of hydrogen-bond acceptors (Lipinski definition) is 6. The number of anilines is 1. The molecule has 0 unspecified atom stereocenters. The second-order valence-electron chi connectivity index (χ2n) is 5.54. The largest absolute Gasteiger partial charge is 0.486 e. The first kappa shape index (κ1) is 19.5. The highest BCUT2D eigenvalue weighted by molar-refractivity contribution is 6.43. The zero-order chi connectivity index (χ0) is 20.3. The summed E-state index contributed by atoms with van der Waals surface area (Å²) in [6, 6.07) is 8.94. The molecule has 1 aliphatic rings. The van der Waals surface area contributed by atoms with Gasteiger partial charge < -0.3 is 14.8 Å². The van der Waals surface area contributed by atoms with Crippen LogP contribution in [0.3, 0.4) is 0 Å². The fourth-order valence-corrected chi connectivity index (χ4v) is 2.82. The Kier molecular flexibility index (Phi) is 5.68. The topological polar surface area (TPSA) is 114 Å². The molecule has 142 valence electrons. The van der Waals surface area contributed by atoms with Crippen molar-refractivity contribution in [3.05, 3.63) is 61.6 Å². The number of nitriles is 1. The number of rotatable bonds is 4. The van der Waals surface area contributed by atoms with Crippen LogP contribution < -0.4 is 14.8 Å². The molecule has 0 bridgehead atoms. The maximum absolute atomic E-state index is 12.5. The number of nitro groups is 1. The quantitative estimate of drug-likeness (QED) is 0.343. The first-order valence-corrected chi connectivity index (χ1v) is 8.61. The van der Waals surface area contributed by atoms with Gasteiger partial charge in [-0.2, -0.15) is 5.26 Å². The molecule has 0 saturated carbocycles. The van der Waals surface area contributed by atoms with Crippen LogP contribution in [-0.2, 0) is 4.79 Å². The molecule has 1 aliphatic heterocycles. The van der Waals surface area contributed by atoms with E-state index < -0.39 is 16.5 Å². The average Bonchev–Trinajstić information content (AvgIpc) is 2.68. The molecule has 2 aromatic rings. The molecule has 0 fully saturated rings. The van der Waals surface area contributed by atoms with E-state index in [4.69, 9.17) is 32.7 Å². The molecule has 0 aliphatic carbocycles. The summed E-state index contributed by atoms with van der Waals surface area (Å²) in [7, 11) is 0. The first-order valence-electron chi connectivity index (χ1n) is 7.86. The van der Waals surface area contributed by atoms with Crippen molar-refractivity contribution in [2.45, 2.75) is 0 Å². The van der Waals surface area contributed by atoms with E-state index in [1.54, 1.807) is 24.3 Å². The van der Waals surface area contributed by atoms with Crippen molar-refractivity contribution in [3.8, 4) is 17.6 Å². The van der Waals surface area contributed by atoms with Crippen LogP contribution in [0.4, 0.5) is 11.4 Å². The zero-order valence-corrected chi connectivity index (χ0v) is 15.6. The molecular formula is C18H11Cl2N3O5. The van der Waals surface area contributed by atoms with E-state index in [1.165, 1.54) is 12.1 Å². The Hall–Kier alpha value is -3.28. The molecule has 0 atom stereocenters. The van der Waals surface area contributed by atoms with Gasteiger partial charge in [0.2, 0.25) is 0 Å². The second-order valence-corrected chi connectivity index (χ2v) is 6.32. The van der Waals surface area contributed by atoms with Gasteiger partial charge in [-0.25, -0.2) is 0 Å². The molecule has 28 heavy (non-hydrogen) atoms. The lowest BCUT2D eigenvalue weighted by Gasteiger charge is -2.19. The molecule has 3 rings (SSSR count). The average molecular weight is 420 g/mol. The van der Waals surface area contributed by atoms with Gasteiger partial charge in [-0.15, -0.1) is 0 Å². The van der Waals surface area contributed by atoms with Crippen molar-refractivity contribution in [2.75, 3.05) is 18.5 Å². The lowest BCUT2D eigenvalue weighted by atomic mass is 10.1. The normalized spacial score (nSPS) is 12.8. The Morgan fingerprint density at radius 1 is 1.25 bits per heavy atom. The van der Waals surface area contributed by atoms with Crippen LogP contribution >= 0.6 is 23.2 Å². The molecule has 0 spiro atoms. The first-order chi connectivity index (χ1) is 13.4. The smallest absolute Gasteiger partial charge is 0.296 e. The van der Waals surface area contributed by atoms with Crippen LogP contribution in [0.1, 0.15) is 5.56 Å². The second kappa shape index (κ2) is 8.17. The fourth-order valence-electron chi connectivity index (χ4n) is 2.45. The Morgan fingerprint density at radius 3 is 2.57 bits per heavy atom. The number of nitrogens with zero attached hydrogens (tertiary/aromatic N) is 2. The SMILES string of the molecule is N#C/C(=C\c1cccc(Cl)c1Cl)C(=O)Nc1cc2c(cc1[N+](=O)[O-])OCCO2. The van der Waals surface area contributed by atoms with Gasteiger partial charge >= 0.3 is 0 Å². The Balaban J connectivity index is 1.95. The van der Waals surface area contributed by atoms with Crippen LogP contribution in [0.25, 0.3) is 6.08 Å². The lowest BCUT2D eigenvalue weighted by Crippen LogP contribution is -2.18. The number of nitro benzene ring substituents is 1. The fraction of sp³-hybridized carbons (Fsp3) is 0.111. The molecule has 1 N–H and O–H groups in total. The molecule has 8 nitrogen and oxygen atoms in total. The van der Waals surface area contributed by atoms with E-state index in [0.29, 0.717) is 5.56 Å². The standard InChI is InChI=1S/C18H11Cl2N3O5/c19-12-3-1-2-10(17(12)20)6-11(9-21)18(24)22-13-7-15-16(28-5-4-27-15)8-14(13)23(25)26/h1-3,6-8H,4-5H2,(H,22,24)/b11-6+. The van der Waals surface area contributed by atoms with Crippen LogP contribution in [-0.4, -0.2) is 24.0 Å². The van der Waals surface area contributed by atoms with Crippen molar-refractivity contribution >= 4 is 46.6 Å². The molecular weight excluding hydrogens is 409 g/mol. The predicted molar refractivity (Wildman–Crippen MR) is 103 cm³/mol. The van der Waals surface area contributed by atoms with Gasteiger partial charge in [0.25, 0.3) is 11.6 Å². The van der Waals surface area contributed by atoms with E-state index in [0.717, 1.165) is 6.07 Å². The zero-order valence-electron chi connectivity index (χ0n) is 14.1. The number of carbonyl (C=O) groups excluding carboxylic acids is 1. The number of halogens is 2. The summed E-state index contributed by atoms with van der Waals surface area (Å²) in [5.74, 6) is -0.386. The molecule has 1 amide bonds. The van der Waals surface area contributed by atoms with Gasteiger partial charge in [-0.05, 0) is 17.7 Å². The molecule has 10 heteroatoms. The third kappa shape index (κ3) is 4.01. The molecule has 0 radical (unpaired) electrons. The third-order valence-corrected chi connectivity index (χ3v) is 4.59. The van der Waals surface area contributed by atoms with Crippen molar-refractivity contribution in [1.82, 2.24) is 0 Å². The maximum atomic E-state index is 12.5. The van der Waals surface area contributed by atoms with Crippen molar-refractivity contribution in [3.63, 3.8) is 0 Å². The lowest BCUT2D eigenvalue weighted by molar-refractivity contribution is -0.384. The number of hydrogen-bond donors (Lipinski definition) is 1. The summed E-state index contributed by atoms with van der Waals surface area (Å²) in [4.78, 5) is 23.2. The molecule has 0 saturated heterocycles. The number of benzene rings is 2. The maximum Gasteiger partial charge on any atom is 0.296 e. The Morgan fingerprint density at radius 2 is 1.93 bits per heavy atom. The van der Waals surface area contributed by atoms with Gasteiger partial charge in [-0.3, -0.25) is 14.9 Å². The summed E-state index contributed by atoms with van der Waals surface area (Å²) in [5, 5.41) is 23.5. The van der Waals surface area contributed by atoms with Crippen LogP contribution in [0.5, 0.6) is 11.5 Å². The highest BCUT2D eigenvalue weighted by Gasteiger charge is 2.24. The summed E-state index contributed by atoms with van der Waals surface area (Å²) in [5.41, 5.74) is -0.473. The van der Waals surface area contributed by atoms with E-state index in [9.17, 15) is 20.2 Å². The van der Waals surface area contributed by atoms with Gasteiger partial charge in [0, 0.05) is 6.07 Å². The van der Waals surface area contributed by atoms with Crippen LogP contribution in [0.2, 0.25) is 10.0 Å². The van der Waals surface area contributed by atoms with Crippen molar-refractivity contribution in [1.29, 1.82) is 5.26 Å². The molecule has 2 aromatic carbocycles. The number of fused-ring (bicyclic) bond motifs is 1. The summed E-state index contributed by atoms with van der Waals surface area (Å²) in [6.45, 7) is 0.534. The minimum Gasteiger partial charge on any atom is -0.486 e. The van der Waals surface area contributed by atoms with Crippen molar-refractivity contribution < 1.29 is 19.2 Å². The monoisotopic (exact) mass is 419 g/mol. The van der Waals surface area contributed by atoms with Gasteiger partial charge in [0.05, 0.1) is 21.0 Å². The summed E-state index contributed by atoms with van der Waals surface area (Å²) >= 11 is 12.0. The highest BCUT2D eigenvalue weighted by atomic mass is 35.5. The van der Waals surface area contributed by atoms with Crippen molar-refractivity contribution in [2.24, 2.45) is 0 Å². The van der Waals surface area contributed by atoms with E-state index in [-0.39, 0.29) is 46.0 Å². The van der Waals surface area contributed by atoms with E-state index in [1.807, 2.05) is 0 Å². The Bertz CT molecular complexity index is 1050. The number of ether oxygens (including phenoxy) is 2. The van der Waals surface area contributed by atoms with E-state index >= 15 is 0 Å². The van der Waals surface area contributed by atoms with Gasteiger partial charge in [0.15, 0.2) is 11.5 Å². The molecule has 1 heterocycles. The number of amides is 1. The molecule has 0 aromatic heterocycles. The third-order valence-electron chi connectivity index (χ3n) is 3.75. The van der Waals surface area contributed by atoms with Gasteiger partial charge in [-0.1, -0.05) is 35.3 Å². The van der Waals surface area contributed by atoms with E-state index in [2.05, 4.69) is 5.32 Å². The highest BCUT2D eigenvalue weighted by Crippen LogP contribution is 2.39. The van der Waals surface area contributed by atoms with Crippen LogP contribution in [0, 0.1) is 21.4 Å². The Labute approximate surface area is 169 Å². The summed E-state index contributed by atoms with van der Waals surface area (Å²) in [6.07, 6.45) is 1.24. The minimum absolute atomic E-state index is 0.127. The number of nitrogens with one attached hydrogen (secondary N) is 1.